The Morgan fingerprint density at radius 2 is 1.59 bits per heavy atom. The molecule has 32 heavy (non-hydrogen) atoms. The second kappa shape index (κ2) is 8.31. The lowest BCUT2D eigenvalue weighted by molar-refractivity contribution is 0.141. The molecule has 2 aromatic carbocycles. The molecule has 0 spiro atoms. The Hall–Kier alpha value is -2.75. The first-order valence-electron chi connectivity index (χ1n) is 12.5. The van der Waals surface area contributed by atoms with E-state index in [1.165, 1.54) is 58.8 Å². The number of likely N-dealkylation sites (tertiary alicyclic amines) is 1. The number of rotatable bonds is 1. The SMILES string of the molecule is O=C(N1CCCCC1)N1CCN(c2ccc3c4c(ccc3c2)C2=C(CCC=C2)CC4)CC1. The Morgan fingerprint density at radius 3 is 2.44 bits per heavy atom. The highest BCUT2D eigenvalue weighted by Gasteiger charge is 2.26. The summed E-state index contributed by atoms with van der Waals surface area (Å²) >= 11 is 0. The smallest absolute Gasteiger partial charge is 0.320 e. The predicted octanol–water partition coefficient (Wildman–Crippen LogP) is 5.62. The van der Waals surface area contributed by atoms with Gasteiger partial charge in [0.25, 0.3) is 0 Å². The number of carbonyl (C=O) groups excluding carboxylic acids is 1. The van der Waals surface area contributed by atoms with E-state index in [2.05, 4.69) is 57.2 Å². The molecule has 0 radical (unpaired) electrons. The van der Waals surface area contributed by atoms with Gasteiger partial charge in [0.15, 0.2) is 0 Å². The van der Waals surface area contributed by atoms with Crippen LogP contribution in [0.15, 0.2) is 48.1 Å². The van der Waals surface area contributed by atoms with Crippen molar-refractivity contribution >= 4 is 28.1 Å². The number of hydrogen-bond acceptors (Lipinski definition) is 2. The van der Waals surface area contributed by atoms with Crippen LogP contribution in [-0.2, 0) is 6.42 Å². The van der Waals surface area contributed by atoms with Crippen molar-refractivity contribution in [1.29, 1.82) is 0 Å². The van der Waals surface area contributed by atoms with E-state index in [-0.39, 0.29) is 6.03 Å². The maximum atomic E-state index is 12.8. The molecule has 2 aliphatic carbocycles. The molecule has 2 heterocycles. The number of nitrogens with zero attached hydrogens (tertiary/aromatic N) is 3. The minimum atomic E-state index is 0.250. The van der Waals surface area contributed by atoms with E-state index in [1.54, 1.807) is 5.57 Å². The van der Waals surface area contributed by atoms with Crippen LogP contribution >= 0.6 is 0 Å². The molecule has 0 aromatic heterocycles. The van der Waals surface area contributed by atoms with Crippen LogP contribution in [0.25, 0.3) is 16.3 Å². The first kappa shape index (κ1) is 19.9. The zero-order chi connectivity index (χ0) is 21.5. The molecule has 0 atom stereocenters. The fraction of sp³-hybridized carbons (Fsp3) is 0.464. The molecule has 4 heteroatoms. The molecule has 4 aliphatic rings. The fourth-order valence-corrected chi connectivity index (χ4v) is 6.07. The van der Waals surface area contributed by atoms with E-state index in [1.807, 2.05) is 0 Å². The molecule has 0 saturated carbocycles. The number of aryl methyl sites for hydroxylation is 1. The molecule has 6 rings (SSSR count). The number of carbonyl (C=O) groups is 1. The number of urea groups is 1. The summed E-state index contributed by atoms with van der Waals surface area (Å²) in [7, 11) is 0. The zero-order valence-electron chi connectivity index (χ0n) is 19.0. The molecule has 2 aromatic rings. The van der Waals surface area contributed by atoms with E-state index < -0.39 is 0 Å². The molecule has 2 fully saturated rings. The van der Waals surface area contributed by atoms with Crippen LogP contribution in [-0.4, -0.2) is 55.1 Å². The maximum Gasteiger partial charge on any atom is 0.320 e. The highest BCUT2D eigenvalue weighted by Crippen LogP contribution is 2.40. The molecule has 4 nitrogen and oxygen atoms in total. The van der Waals surface area contributed by atoms with Gasteiger partial charge in [-0.25, -0.2) is 4.79 Å². The summed E-state index contributed by atoms with van der Waals surface area (Å²) < 4.78 is 0. The second-order valence-electron chi connectivity index (χ2n) is 9.76. The second-order valence-corrected chi connectivity index (χ2v) is 9.76. The first-order valence-corrected chi connectivity index (χ1v) is 12.5. The summed E-state index contributed by atoms with van der Waals surface area (Å²) in [6.07, 6.45) is 13.0. The molecular formula is C28H33N3O. The third kappa shape index (κ3) is 3.50. The topological polar surface area (TPSA) is 26.8 Å². The maximum absolute atomic E-state index is 12.8. The number of fused-ring (bicyclic) bond motifs is 4. The highest BCUT2D eigenvalue weighted by molar-refractivity contribution is 5.95. The van der Waals surface area contributed by atoms with Gasteiger partial charge in [0.2, 0.25) is 0 Å². The lowest BCUT2D eigenvalue weighted by Gasteiger charge is -2.39. The van der Waals surface area contributed by atoms with E-state index in [9.17, 15) is 4.79 Å². The molecule has 2 aliphatic heterocycles. The van der Waals surface area contributed by atoms with Gasteiger partial charge in [-0.05, 0) is 84.6 Å². The summed E-state index contributed by atoms with van der Waals surface area (Å²) in [5.41, 5.74) is 7.39. The molecule has 0 unspecified atom stereocenters. The molecule has 166 valence electrons. The first-order chi connectivity index (χ1) is 15.8. The van der Waals surface area contributed by atoms with Crippen molar-refractivity contribution in [3.05, 3.63) is 59.2 Å². The van der Waals surface area contributed by atoms with Crippen LogP contribution in [0.5, 0.6) is 0 Å². The van der Waals surface area contributed by atoms with E-state index in [0.29, 0.717) is 0 Å². The van der Waals surface area contributed by atoms with Crippen LogP contribution in [0.3, 0.4) is 0 Å². The van der Waals surface area contributed by atoms with Crippen molar-refractivity contribution in [3.63, 3.8) is 0 Å². The Bertz CT molecular complexity index is 1100. The number of amides is 2. The van der Waals surface area contributed by atoms with Crippen molar-refractivity contribution in [3.8, 4) is 0 Å². The number of anilines is 1. The fourth-order valence-electron chi connectivity index (χ4n) is 6.07. The van der Waals surface area contributed by atoms with Crippen LogP contribution in [0.4, 0.5) is 10.5 Å². The van der Waals surface area contributed by atoms with Crippen molar-refractivity contribution in [1.82, 2.24) is 9.80 Å². The third-order valence-corrected chi connectivity index (χ3v) is 7.90. The highest BCUT2D eigenvalue weighted by atomic mass is 16.2. The Labute approximate surface area is 191 Å². The predicted molar refractivity (Wildman–Crippen MR) is 132 cm³/mol. The van der Waals surface area contributed by atoms with Crippen molar-refractivity contribution in [2.45, 2.75) is 44.9 Å². The number of piperazine rings is 1. The third-order valence-electron chi connectivity index (χ3n) is 7.90. The van der Waals surface area contributed by atoms with Gasteiger partial charge in [-0.3, -0.25) is 0 Å². The van der Waals surface area contributed by atoms with Gasteiger partial charge in [-0.1, -0.05) is 35.9 Å². The minimum Gasteiger partial charge on any atom is -0.368 e. The van der Waals surface area contributed by atoms with E-state index >= 15 is 0 Å². The minimum absolute atomic E-state index is 0.250. The van der Waals surface area contributed by atoms with Gasteiger partial charge in [-0.2, -0.15) is 0 Å². The van der Waals surface area contributed by atoms with Gasteiger partial charge in [-0.15, -0.1) is 0 Å². The van der Waals surface area contributed by atoms with Crippen molar-refractivity contribution < 1.29 is 4.79 Å². The summed E-state index contributed by atoms with van der Waals surface area (Å²) in [5, 5.41) is 2.76. The van der Waals surface area contributed by atoms with Gasteiger partial charge in [0.1, 0.15) is 0 Å². The number of allylic oxidation sites excluding steroid dienone is 4. The summed E-state index contributed by atoms with van der Waals surface area (Å²) in [6, 6.07) is 11.9. The average Bonchev–Trinajstić information content (AvgIpc) is 2.88. The molecular weight excluding hydrogens is 394 g/mol. The van der Waals surface area contributed by atoms with E-state index in [0.717, 1.165) is 58.5 Å². The molecule has 2 amide bonds. The van der Waals surface area contributed by atoms with Gasteiger partial charge < -0.3 is 14.7 Å². The number of piperidine rings is 1. The monoisotopic (exact) mass is 427 g/mol. The van der Waals surface area contributed by atoms with Gasteiger partial charge in [0.05, 0.1) is 0 Å². The number of hydrogen-bond donors (Lipinski definition) is 0. The summed E-state index contributed by atoms with van der Waals surface area (Å²) in [6.45, 7) is 5.33. The summed E-state index contributed by atoms with van der Waals surface area (Å²) in [5.74, 6) is 0. The van der Waals surface area contributed by atoms with Crippen LogP contribution < -0.4 is 4.90 Å². The Balaban J connectivity index is 1.19. The summed E-state index contributed by atoms with van der Waals surface area (Å²) in [4.78, 5) is 19.4. The Morgan fingerprint density at radius 1 is 0.781 bits per heavy atom. The van der Waals surface area contributed by atoms with E-state index in [4.69, 9.17) is 0 Å². The quantitative estimate of drug-likeness (QED) is 0.591. The van der Waals surface area contributed by atoms with Crippen LogP contribution in [0.1, 0.15) is 49.7 Å². The lowest BCUT2D eigenvalue weighted by atomic mass is 9.79. The van der Waals surface area contributed by atoms with Crippen molar-refractivity contribution in [2.24, 2.45) is 0 Å². The Kier molecular flexibility index (Phi) is 5.17. The normalized spacial score (nSPS) is 21.1. The van der Waals surface area contributed by atoms with Crippen LogP contribution in [0, 0.1) is 0 Å². The standard InChI is InChI=1S/C28H33N3O/c32-28(30-14-4-1-5-15-30)31-18-16-29(17-19-31)23-10-13-25-22(20-23)9-12-26-24-7-3-2-6-21(24)8-11-27(25)26/h3,7,9-10,12-13,20H,1-2,4-6,8,11,14-19H2. The van der Waals surface area contributed by atoms with Gasteiger partial charge >= 0.3 is 6.03 Å². The molecule has 2 saturated heterocycles. The lowest BCUT2D eigenvalue weighted by Crippen LogP contribution is -2.53. The average molecular weight is 428 g/mol. The molecule has 0 N–H and O–H groups in total. The molecule has 0 bridgehead atoms. The van der Waals surface area contributed by atoms with Crippen LogP contribution in [0.2, 0.25) is 0 Å². The number of benzene rings is 2. The zero-order valence-corrected chi connectivity index (χ0v) is 19.0. The largest absolute Gasteiger partial charge is 0.368 e. The van der Waals surface area contributed by atoms with Crippen molar-refractivity contribution in [2.75, 3.05) is 44.2 Å². The van der Waals surface area contributed by atoms with Gasteiger partial charge in [0, 0.05) is 45.0 Å².